The molecule has 5 nitrogen and oxygen atoms in total. The van der Waals surface area contributed by atoms with Gasteiger partial charge in [-0.25, -0.2) is 4.98 Å². The lowest BCUT2D eigenvalue weighted by atomic mass is 10.2. The highest BCUT2D eigenvalue weighted by atomic mass is 35.5. The fourth-order valence-corrected chi connectivity index (χ4v) is 3.78. The van der Waals surface area contributed by atoms with Gasteiger partial charge in [0.1, 0.15) is 5.82 Å². The van der Waals surface area contributed by atoms with E-state index in [4.69, 9.17) is 11.6 Å². The standard InChI is InChI=1S/C17H22ClF3N4O/c1-12(16(26)25-4-2-3-5-25)23-6-8-24(9-7-23)15-14(18)10-13(11-22-15)17(19,20)21/h10-12H,2-9H2,1H3. The van der Waals surface area contributed by atoms with Crippen molar-refractivity contribution >= 4 is 23.3 Å². The van der Waals surface area contributed by atoms with Gasteiger partial charge in [0.25, 0.3) is 0 Å². The number of alkyl halides is 3. The number of carbonyl (C=O) groups is 1. The molecule has 1 aromatic heterocycles. The van der Waals surface area contributed by atoms with E-state index in [1.165, 1.54) is 0 Å². The molecule has 144 valence electrons. The summed E-state index contributed by atoms with van der Waals surface area (Å²) in [6.07, 6.45) is -1.53. The monoisotopic (exact) mass is 390 g/mol. The Balaban J connectivity index is 1.60. The Kier molecular flexibility index (Phi) is 5.62. The Morgan fingerprint density at radius 2 is 1.77 bits per heavy atom. The number of amides is 1. The van der Waals surface area contributed by atoms with Crippen LogP contribution in [0, 0.1) is 0 Å². The first-order valence-corrected chi connectivity index (χ1v) is 9.15. The molecule has 1 unspecified atom stereocenters. The number of hydrogen-bond acceptors (Lipinski definition) is 4. The number of pyridine rings is 1. The van der Waals surface area contributed by atoms with Crippen LogP contribution in [0.15, 0.2) is 12.3 Å². The van der Waals surface area contributed by atoms with Gasteiger partial charge in [-0.2, -0.15) is 13.2 Å². The molecule has 0 bridgehead atoms. The van der Waals surface area contributed by atoms with Gasteiger partial charge in [-0.15, -0.1) is 0 Å². The highest BCUT2D eigenvalue weighted by Gasteiger charge is 2.33. The lowest BCUT2D eigenvalue weighted by Crippen LogP contribution is -2.54. The second kappa shape index (κ2) is 7.60. The van der Waals surface area contributed by atoms with Crippen molar-refractivity contribution < 1.29 is 18.0 Å². The van der Waals surface area contributed by atoms with Gasteiger partial charge in [0, 0.05) is 45.5 Å². The second-order valence-corrected chi connectivity index (χ2v) is 7.17. The fourth-order valence-electron chi connectivity index (χ4n) is 3.50. The molecule has 26 heavy (non-hydrogen) atoms. The molecule has 1 amide bonds. The number of halogens is 4. The average Bonchev–Trinajstić information content (AvgIpc) is 3.14. The van der Waals surface area contributed by atoms with Crippen LogP contribution < -0.4 is 4.90 Å². The Labute approximate surface area is 155 Å². The van der Waals surface area contributed by atoms with Crippen LogP contribution in [0.25, 0.3) is 0 Å². The van der Waals surface area contributed by atoms with E-state index in [1.54, 1.807) is 0 Å². The number of hydrogen-bond donors (Lipinski definition) is 0. The fraction of sp³-hybridized carbons (Fsp3) is 0.647. The molecular formula is C17H22ClF3N4O. The Morgan fingerprint density at radius 1 is 1.15 bits per heavy atom. The van der Waals surface area contributed by atoms with E-state index < -0.39 is 11.7 Å². The molecule has 3 heterocycles. The maximum Gasteiger partial charge on any atom is 0.417 e. The third-order valence-electron chi connectivity index (χ3n) is 5.09. The number of likely N-dealkylation sites (tertiary alicyclic amines) is 1. The molecule has 1 aromatic rings. The normalized spacial score (nSPS) is 20.5. The van der Waals surface area contributed by atoms with E-state index in [0.29, 0.717) is 32.0 Å². The minimum Gasteiger partial charge on any atom is -0.353 e. The molecule has 0 radical (unpaired) electrons. The van der Waals surface area contributed by atoms with Crippen molar-refractivity contribution in [1.82, 2.24) is 14.8 Å². The van der Waals surface area contributed by atoms with Crippen molar-refractivity contribution in [2.75, 3.05) is 44.2 Å². The quantitative estimate of drug-likeness (QED) is 0.795. The first-order valence-electron chi connectivity index (χ1n) is 8.78. The third-order valence-corrected chi connectivity index (χ3v) is 5.36. The summed E-state index contributed by atoms with van der Waals surface area (Å²) in [4.78, 5) is 22.3. The van der Waals surface area contributed by atoms with Crippen molar-refractivity contribution in [1.29, 1.82) is 0 Å². The van der Waals surface area contributed by atoms with Gasteiger partial charge in [0.2, 0.25) is 5.91 Å². The van der Waals surface area contributed by atoms with Crippen molar-refractivity contribution in [3.8, 4) is 0 Å². The van der Waals surface area contributed by atoms with E-state index in [9.17, 15) is 18.0 Å². The molecule has 1 atom stereocenters. The zero-order valence-corrected chi connectivity index (χ0v) is 15.4. The van der Waals surface area contributed by atoms with E-state index in [2.05, 4.69) is 9.88 Å². The molecule has 2 fully saturated rings. The molecule has 2 aliphatic heterocycles. The van der Waals surface area contributed by atoms with E-state index in [0.717, 1.165) is 38.2 Å². The summed E-state index contributed by atoms with van der Waals surface area (Å²) in [5.74, 6) is 0.513. The van der Waals surface area contributed by atoms with Crippen LogP contribution in [0.2, 0.25) is 5.02 Å². The zero-order valence-electron chi connectivity index (χ0n) is 14.6. The summed E-state index contributed by atoms with van der Waals surface area (Å²) in [6, 6.07) is 0.724. The number of carbonyl (C=O) groups excluding carboxylic acids is 1. The minimum absolute atomic E-state index is 0.00512. The van der Waals surface area contributed by atoms with E-state index in [1.807, 2.05) is 16.7 Å². The van der Waals surface area contributed by atoms with Crippen LogP contribution in [0.4, 0.5) is 19.0 Å². The molecule has 0 saturated carbocycles. The first-order chi connectivity index (χ1) is 12.3. The number of aromatic nitrogens is 1. The molecule has 9 heteroatoms. The Hall–Kier alpha value is -1.54. The number of rotatable bonds is 3. The van der Waals surface area contributed by atoms with Crippen molar-refractivity contribution in [3.63, 3.8) is 0 Å². The summed E-state index contributed by atoms with van der Waals surface area (Å²) >= 11 is 6.03. The third kappa shape index (κ3) is 4.06. The van der Waals surface area contributed by atoms with Gasteiger partial charge in [0.15, 0.2) is 0 Å². The van der Waals surface area contributed by atoms with Crippen molar-refractivity contribution in [2.45, 2.75) is 32.0 Å². The highest BCUT2D eigenvalue weighted by molar-refractivity contribution is 6.33. The van der Waals surface area contributed by atoms with Crippen LogP contribution in [0.1, 0.15) is 25.3 Å². The van der Waals surface area contributed by atoms with Gasteiger partial charge < -0.3 is 9.80 Å². The minimum atomic E-state index is -4.46. The van der Waals surface area contributed by atoms with E-state index >= 15 is 0 Å². The molecule has 0 N–H and O–H groups in total. The molecule has 3 rings (SSSR count). The summed E-state index contributed by atoms with van der Waals surface area (Å²) in [7, 11) is 0. The van der Waals surface area contributed by atoms with Crippen LogP contribution in [-0.2, 0) is 11.0 Å². The lowest BCUT2D eigenvalue weighted by molar-refractivity contribution is -0.138. The Morgan fingerprint density at radius 3 is 2.31 bits per heavy atom. The molecule has 0 spiro atoms. The highest BCUT2D eigenvalue weighted by Crippen LogP contribution is 2.33. The van der Waals surface area contributed by atoms with Gasteiger partial charge in [0.05, 0.1) is 16.6 Å². The molecule has 2 aliphatic rings. The number of anilines is 1. The van der Waals surface area contributed by atoms with Gasteiger partial charge in [-0.3, -0.25) is 9.69 Å². The van der Waals surface area contributed by atoms with Gasteiger partial charge >= 0.3 is 6.18 Å². The summed E-state index contributed by atoms with van der Waals surface area (Å²) in [5, 5.41) is -0.00512. The average molecular weight is 391 g/mol. The van der Waals surface area contributed by atoms with Crippen LogP contribution in [0.3, 0.4) is 0 Å². The predicted molar refractivity (Wildman–Crippen MR) is 93.3 cm³/mol. The Bertz CT molecular complexity index is 656. The molecule has 0 aromatic carbocycles. The number of piperazine rings is 1. The van der Waals surface area contributed by atoms with Gasteiger partial charge in [-0.05, 0) is 25.8 Å². The smallest absolute Gasteiger partial charge is 0.353 e. The summed E-state index contributed by atoms with van der Waals surface area (Å²) < 4.78 is 38.2. The lowest BCUT2D eigenvalue weighted by Gasteiger charge is -2.39. The van der Waals surface area contributed by atoms with Crippen LogP contribution in [-0.4, -0.2) is 66.0 Å². The number of nitrogens with zero attached hydrogens (tertiary/aromatic N) is 4. The summed E-state index contributed by atoms with van der Waals surface area (Å²) in [6.45, 7) is 5.98. The SMILES string of the molecule is CC(C(=O)N1CCCC1)N1CCN(c2ncc(C(F)(F)F)cc2Cl)CC1. The summed E-state index contributed by atoms with van der Waals surface area (Å²) in [5.41, 5.74) is -0.852. The second-order valence-electron chi connectivity index (χ2n) is 6.76. The van der Waals surface area contributed by atoms with Crippen molar-refractivity contribution in [3.05, 3.63) is 22.8 Å². The molecule has 2 saturated heterocycles. The van der Waals surface area contributed by atoms with Crippen LogP contribution in [0.5, 0.6) is 0 Å². The van der Waals surface area contributed by atoms with Crippen LogP contribution >= 0.6 is 11.6 Å². The molecule has 0 aliphatic carbocycles. The largest absolute Gasteiger partial charge is 0.417 e. The van der Waals surface area contributed by atoms with Gasteiger partial charge in [-0.1, -0.05) is 11.6 Å². The zero-order chi connectivity index (χ0) is 18.9. The first kappa shape index (κ1) is 19.2. The van der Waals surface area contributed by atoms with Crippen molar-refractivity contribution in [2.24, 2.45) is 0 Å². The predicted octanol–water partition coefficient (Wildman–Crippen LogP) is 2.89. The topological polar surface area (TPSA) is 39.7 Å². The van der Waals surface area contributed by atoms with E-state index in [-0.39, 0.29) is 17.0 Å². The maximum atomic E-state index is 12.7. The maximum absolute atomic E-state index is 12.7. The molecular weight excluding hydrogens is 369 g/mol.